The van der Waals surface area contributed by atoms with Crippen LogP contribution in [0.1, 0.15) is 52.4 Å². The number of hydrogen-bond acceptors (Lipinski definition) is 5. The maximum atomic E-state index is 13.0. The van der Waals surface area contributed by atoms with Crippen LogP contribution in [0.2, 0.25) is 0 Å². The van der Waals surface area contributed by atoms with Gasteiger partial charge < -0.3 is 4.74 Å². The zero-order chi connectivity index (χ0) is 23.6. The summed E-state index contributed by atoms with van der Waals surface area (Å²) >= 11 is 0. The Morgan fingerprint density at radius 1 is 0.636 bits per heavy atom. The van der Waals surface area contributed by atoms with Crippen LogP contribution < -0.4 is 4.74 Å². The first kappa shape index (κ1) is 24.2. The third kappa shape index (κ3) is 5.11. The molecule has 2 unspecified atom stereocenters. The minimum Gasteiger partial charge on any atom is -0.457 e. The van der Waals surface area contributed by atoms with Crippen LogP contribution in [0.3, 0.4) is 0 Å². The van der Waals surface area contributed by atoms with Gasteiger partial charge in [0.05, 0.1) is 9.79 Å². The molecule has 2 heterocycles. The van der Waals surface area contributed by atoms with Crippen LogP contribution in [0.5, 0.6) is 11.5 Å². The monoisotopic (exact) mass is 492 g/mol. The second-order valence-electron chi connectivity index (χ2n) is 8.97. The third-order valence-electron chi connectivity index (χ3n) is 6.58. The lowest BCUT2D eigenvalue weighted by atomic mass is 10.1. The lowest BCUT2D eigenvalue weighted by Gasteiger charge is -2.32. The van der Waals surface area contributed by atoms with Crippen LogP contribution in [-0.2, 0) is 20.0 Å². The van der Waals surface area contributed by atoms with Gasteiger partial charge in [-0.3, -0.25) is 0 Å². The van der Waals surface area contributed by atoms with Crippen molar-refractivity contribution in [2.24, 2.45) is 0 Å². The van der Waals surface area contributed by atoms with Crippen LogP contribution in [0.25, 0.3) is 0 Å². The van der Waals surface area contributed by atoms with Crippen molar-refractivity contribution in [2.45, 2.75) is 74.2 Å². The van der Waals surface area contributed by atoms with E-state index in [0.29, 0.717) is 24.6 Å². The van der Waals surface area contributed by atoms with Crippen molar-refractivity contribution in [3.05, 3.63) is 48.5 Å². The van der Waals surface area contributed by atoms with Gasteiger partial charge in [0.15, 0.2) is 0 Å². The standard InChI is InChI=1S/C24H32N2O5S2/c1-19-7-3-5-17-25(19)32(27,28)23-13-9-21(10-14-23)31-22-11-15-24(16-12-22)33(29,30)26-18-6-4-8-20(26)2/h9-16,19-20H,3-8,17-18H2,1-2H3. The number of hydrogen-bond donors (Lipinski definition) is 0. The van der Waals surface area contributed by atoms with E-state index in [9.17, 15) is 16.8 Å². The van der Waals surface area contributed by atoms with Gasteiger partial charge >= 0.3 is 0 Å². The average Bonchev–Trinajstić information content (AvgIpc) is 2.80. The summed E-state index contributed by atoms with van der Waals surface area (Å²) in [5, 5.41) is 0. The van der Waals surface area contributed by atoms with E-state index in [2.05, 4.69) is 0 Å². The fourth-order valence-corrected chi connectivity index (χ4v) is 8.02. The molecule has 0 saturated carbocycles. The Morgan fingerprint density at radius 2 is 1.00 bits per heavy atom. The van der Waals surface area contributed by atoms with Crippen molar-refractivity contribution in [3.8, 4) is 11.5 Å². The number of ether oxygens (including phenoxy) is 1. The number of rotatable bonds is 6. The van der Waals surface area contributed by atoms with Crippen molar-refractivity contribution in [3.63, 3.8) is 0 Å². The van der Waals surface area contributed by atoms with Gasteiger partial charge in [-0.25, -0.2) is 16.8 Å². The average molecular weight is 493 g/mol. The maximum Gasteiger partial charge on any atom is 0.243 e. The molecule has 2 aliphatic rings. The molecular weight excluding hydrogens is 460 g/mol. The molecule has 2 aromatic carbocycles. The number of sulfonamides is 2. The smallest absolute Gasteiger partial charge is 0.243 e. The van der Waals surface area contributed by atoms with Gasteiger partial charge in [0, 0.05) is 25.2 Å². The Labute approximate surface area is 197 Å². The van der Waals surface area contributed by atoms with Gasteiger partial charge in [-0.15, -0.1) is 0 Å². The molecule has 9 heteroatoms. The SMILES string of the molecule is CC1CCCCN1S(=O)(=O)c1ccc(Oc2ccc(S(=O)(=O)N3CCCCC3C)cc2)cc1. The van der Waals surface area contributed by atoms with Crippen molar-refractivity contribution in [1.82, 2.24) is 8.61 Å². The molecule has 0 N–H and O–H groups in total. The molecule has 180 valence electrons. The Hall–Kier alpha value is -1.94. The van der Waals surface area contributed by atoms with Crippen LogP contribution in [0.15, 0.2) is 58.3 Å². The second-order valence-corrected chi connectivity index (χ2v) is 12.7. The second kappa shape index (κ2) is 9.74. The molecule has 0 aliphatic carbocycles. The lowest BCUT2D eigenvalue weighted by Crippen LogP contribution is -2.41. The van der Waals surface area contributed by atoms with Crippen LogP contribution in [0.4, 0.5) is 0 Å². The van der Waals surface area contributed by atoms with Crippen molar-refractivity contribution in [1.29, 1.82) is 0 Å². The molecule has 33 heavy (non-hydrogen) atoms. The highest BCUT2D eigenvalue weighted by molar-refractivity contribution is 7.89. The largest absolute Gasteiger partial charge is 0.457 e. The van der Waals surface area contributed by atoms with Crippen LogP contribution in [0, 0.1) is 0 Å². The number of piperidine rings is 2. The highest BCUT2D eigenvalue weighted by Gasteiger charge is 2.32. The molecule has 2 atom stereocenters. The molecule has 2 saturated heterocycles. The van der Waals surface area contributed by atoms with Crippen LogP contribution in [-0.4, -0.2) is 50.6 Å². The molecule has 0 spiro atoms. The summed E-state index contributed by atoms with van der Waals surface area (Å²) < 4.78 is 60.9. The fraction of sp³-hybridized carbons (Fsp3) is 0.500. The Bertz CT molecular complexity index is 1070. The molecule has 2 aromatic rings. The Balaban J connectivity index is 1.45. The highest BCUT2D eigenvalue weighted by atomic mass is 32.2. The Kier molecular flexibility index (Phi) is 7.14. The number of nitrogens with zero attached hydrogens (tertiary/aromatic N) is 2. The predicted octanol–water partition coefficient (Wildman–Crippen LogP) is 4.61. The van der Waals surface area contributed by atoms with Gasteiger partial charge in [0.2, 0.25) is 20.0 Å². The van der Waals surface area contributed by atoms with E-state index in [1.165, 1.54) is 0 Å². The summed E-state index contributed by atoms with van der Waals surface area (Å²) in [5.41, 5.74) is 0. The third-order valence-corrected chi connectivity index (χ3v) is 10.6. The van der Waals surface area contributed by atoms with E-state index in [4.69, 9.17) is 4.74 Å². The summed E-state index contributed by atoms with van der Waals surface area (Å²) in [6.07, 6.45) is 5.63. The van der Waals surface area contributed by atoms with E-state index in [-0.39, 0.29) is 21.9 Å². The zero-order valence-electron chi connectivity index (χ0n) is 19.2. The first-order valence-electron chi connectivity index (χ1n) is 11.6. The minimum absolute atomic E-state index is 0.00222. The molecule has 0 bridgehead atoms. The molecule has 7 nitrogen and oxygen atoms in total. The van der Waals surface area contributed by atoms with Gasteiger partial charge in [-0.05, 0) is 88.1 Å². The predicted molar refractivity (Wildman–Crippen MR) is 127 cm³/mol. The van der Waals surface area contributed by atoms with Crippen molar-refractivity contribution >= 4 is 20.0 Å². The van der Waals surface area contributed by atoms with E-state index >= 15 is 0 Å². The summed E-state index contributed by atoms with van der Waals surface area (Å²) in [6, 6.07) is 12.7. The molecule has 0 radical (unpaired) electrons. The summed E-state index contributed by atoms with van der Waals surface area (Å²) in [7, 11) is -7.06. The van der Waals surface area contributed by atoms with E-state index in [1.807, 2.05) is 13.8 Å². The fourth-order valence-electron chi connectivity index (χ4n) is 4.62. The quantitative estimate of drug-likeness (QED) is 0.588. The van der Waals surface area contributed by atoms with E-state index in [1.54, 1.807) is 57.1 Å². The molecular formula is C24H32N2O5S2. The normalized spacial score (nSPS) is 23.3. The molecule has 0 aromatic heterocycles. The van der Waals surface area contributed by atoms with Gasteiger partial charge in [-0.2, -0.15) is 8.61 Å². The number of benzene rings is 2. The first-order chi connectivity index (χ1) is 15.7. The summed E-state index contributed by atoms with van der Waals surface area (Å²) in [4.78, 5) is 0.501. The van der Waals surface area contributed by atoms with Gasteiger partial charge in [0.1, 0.15) is 11.5 Å². The first-order valence-corrected chi connectivity index (χ1v) is 14.5. The summed E-state index contributed by atoms with van der Waals surface area (Å²) in [6.45, 7) is 4.99. The molecule has 4 rings (SSSR count). The van der Waals surface area contributed by atoms with Crippen molar-refractivity contribution < 1.29 is 21.6 Å². The molecule has 2 aliphatic heterocycles. The molecule has 0 amide bonds. The van der Waals surface area contributed by atoms with E-state index < -0.39 is 20.0 Å². The summed E-state index contributed by atoms with van der Waals surface area (Å²) in [5.74, 6) is 0.974. The van der Waals surface area contributed by atoms with Gasteiger partial charge in [-0.1, -0.05) is 12.8 Å². The van der Waals surface area contributed by atoms with Gasteiger partial charge in [0.25, 0.3) is 0 Å². The van der Waals surface area contributed by atoms with Crippen molar-refractivity contribution in [2.75, 3.05) is 13.1 Å². The van der Waals surface area contributed by atoms with Crippen LogP contribution >= 0.6 is 0 Å². The topological polar surface area (TPSA) is 84.0 Å². The molecule has 2 fully saturated rings. The van der Waals surface area contributed by atoms with E-state index in [0.717, 1.165) is 38.5 Å². The lowest BCUT2D eigenvalue weighted by molar-refractivity contribution is 0.268. The highest BCUT2D eigenvalue weighted by Crippen LogP contribution is 2.30. The maximum absolute atomic E-state index is 13.0. The Morgan fingerprint density at radius 3 is 1.33 bits per heavy atom. The zero-order valence-corrected chi connectivity index (χ0v) is 20.8. The minimum atomic E-state index is -3.53.